The second kappa shape index (κ2) is 52.2. The Balaban J connectivity index is 1.10. The van der Waals surface area contributed by atoms with E-state index in [9.17, 15) is 57.8 Å². The number of aromatic nitrogens is 5. The van der Waals surface area contributed by atoms with Crippen LogP contribution in [0.4, 0.5) is 0 Å². The van der Waals surface area contributed by atoms with E-state index in [1.807, 2.05) is 0 Å². The second-order valence-corrected chi connectivity index (χ2v) is 33.1. The summed E-state index contributed by atoms with van der Waals surface area (Å²) in [7, 11) is 0. The number of hydrogen-bond donors (Lipinski definition) is 28. The van der Waals surface area contributed by atoms with Crippen LogP contribution in [-0.4, -0.2) is 281 Å². The van der Waals surface area contributed by atoms with E-state index in [-0.39, 0.29) is 158 Å². The summed E-state index contributed by atoms with van der Waals surface area (Å²) in [5.41, 5.74) is 22.7. The molecule has 0 bridgehead atoms. The monoisotopic (exact) mass is 1860 g/mol. The maximum Gasteiger partial charge on any atom is 0.303 e. The number of amides is 15. The molecule has 3 aromatic heterocycles. The van der Waals surface area contributed by atoms with E-state index < -0.39 is 197 Å². The van der Waals surface area contributed by atoms with Crippen LogP contribution < -0.4 is 103 Å². The molecule has 0 radical (unpaired) electrons. The quantitative estimate of drug-likeness (QED) is 0.00753. The van der Waals surface area contributed by atoms with Gasteiger partial charge in [0.2, 0.25) is 88.6 Å². The maximum absolute atomic E-state index is 15.3. The number of aliphatic carboxylic acids is 1. The lowest BCUT2D eigenvalue weighted by Gasteiger charge is -2.33. The van der Waals surface area contributed by atoms with Crippen molar-refractivity contribution in [3.63, 3.8) is 0 Å². The van der Waals surface area contributed by atoms with Crippen LogP contribution in [-0.2, 0) is 102 Å². The third-order valence-electron chi connectivity index (χ3n) is 21.8. The third kappa shape index (κ3) is 33.5. The van der Waals surface area contributed by atoms with Gasteiger partial charge >= 0.3 is 5.97 Å². The number of nitrogens with zero attached hydrogens (tertiary/aromatic N) is 4. The average molecular weight is 1860 g/mol. The van der Waals surface area contributed by atoms with E-state index in [4.69, 9.17) is 39.2 Å². The number of carbonyl (C=O) groups is 16. The Hall–Kier alpha value is -13.6. The molecule has 48 heteroatoms. The molecule has 46 nitrogen and oxygen atoms in total. The first kappa shape index (κ1) is 104. The molecule has 2 fully saturated rings. The molecule has 0 unspecified atom stereocenters. The Bertz CT molecular complexity index is 4790. The van der Waals surface area contributed by atoms with Gasteiger partial charge in [-0.15, -0.1) is 0 Å². The van der Waals surface area contributed by atoms with Gasteiger partial charge in [-0.05, 0) is 108 Å². The predicted octanol–water partition coefficient (Wildman–Crippen LogP) is -4.70. The van der Waals surface area contributed by atoms with Gasteiger partial charge in [-0.3, -0.25) is 92.9 Å². The number of imidazole rings is 2. The first-order valence-electron chi connectivity index (χ1n) is 43.2. The van der Waals surface area contributed by atoms with Crippen LogP contribution in [0, 0.1) is 16.2 Å². The number of carbonyl (C=O) groups excluding carboxylic acids is 15. The number of aromatic amines is 3. The summed E-state index contributed by atoms with van der Waals surface area (Å²) >= 11 is 8.71. The fourth-order valence-corrected chi connectivity index (χ4v) is 15.4. The Morgan fingerprint density at radius 2 is 0.916 bits per heavy atom. The van der Waals surface area contributed by atoms with Crippen LogP contribution in [0.1, 0.15) is 147 Å². The highest BCUT2D eigenvalue weighted by atomic mass is 32.1. The Kier molecular flexibility index (Phi) is 41.6. The maximum atomic E-state index is 15.3. The first-order chi connectivity index (χ1) is 62.4. The summed E-state index contributed by atoms with van der Waals surface area (Å²) in [5.74, 6) is -15.7. The van der Waals surface area contributed by atoms with Crippen molar-refractivity contribution in [2.75, 3.05) is 44.2 Å². The lowest BCUT2D eigenvalue weighted by Crippen LogP contribution is -2.63. The molecule has 5 aromatic rings. The van der Waals surface area contributed by atoms with Crippen LogP contribution in [0.15, 0.2) is 85.8 Å². The van der Waals surface area contributed by atoms with Gasteiger partial charge in [0.05, 0.1) is 24.0 Å². The third-order valence-corrected chi connectivity index (χ3v) is 22.5. The number of thiol groups is 2. The van der Waals surface area contributed by atoms with Crippen LogP contribution >= 0.6 is 25.3 Å². The molecule has 7 rings (SSSR count). The number of likely N-dealkylation sites (tertiary alicyclic amines) is 2. The zero-order valence-electron chi connectivity index (χ0n) is 73.4. The fourth-order valence-electron chi connectivity index (χ4n) is 14.9. The van der Waals surface area contributed by atoms with Crippen molar-refractivity contribution < 1.29 is 81.8 Å². The average Bonchev–Trinajstić information content (AvgIpc) is 1.66. The molecule has 30 N–H and O–H groups in total. The zero-order valence-corrected chi connectivity index (χ0v) is 75.2. The van der Waals surface area contributed by atoms with Crippen LogP contribution in [0.3, 0.4) is 0 Å². The molecule has 131 heavy (non-hydrogen) atoms. The summed E-state index contributed by atoms with van der Waals surface area (Å²) in [6, 6.07) is -2.85. The number of fused-ring (bicyclic) bond motifs is 1. The number of para-hydroxylation sites is 1. The minimum atomic E-state index is -1.72. The molecular weight excluding hydrogens is 1740 g/mol. The molecule has 0 saturated carbocycles. The van der Waals surface area contributed by atoms with Gasteiger partial charge in [0, 0.05) is 113 Å². The summed E-state index contributed by atoms with van der Waals surface area (Å²) in [6.45, 7) is 5.97. The molecule has 2 aliphatic heterocycles. The number of carboxylic acid groups (broad SMARTS) is 1. The van der Waals surface area contributed by atoms with Crippen molar-refractivity contribution in [2.45, 2.75) is 234 Å². The number of guanidine groups is 3. The fraction of sp³-hybridized carbons (Fsp3) is 0.530. The van der Waals surface area contributed by atoms with Crippen LogP contribution in [0.2, 0.25) is 0 Å². The molecule has 15 amide bonds. The first-order valence-corrected chi connectivity index (χ1v) is 44.4. The zero-order chi connectivity index (χ0) is 96.0. The predicted molar refractivity (Wildman–Crippen MR) is 486 cm³/mol. The molecule has 0 aliphatic carbocycles. The number of unbranched alkanes of at least 4 members (excludes halogenated alkanes) is 1. The number of benzene rings is 2. The van der Waals surface area contributed by atoms with Crippen molar-refractivity contribution in [1.82, 2.24) is 114 Å². The summed E-state index contributed by atoms with van der Waals surface area (Å²) in [5, 5.41) is 72.9. The van der Waals surface area contributed by atoms with E-state index in [1.54, 1.807) is 67.7 Å². The Morgan fingerprint density at radius 1 is 0.489 bits per heavy atom. The van der Waals surface area contributed by atoms with Gasteiger partial charge in [0.1, 0.15) is 84.1 Å². The Morgan fingerprint density at radius 3 is 1.40 bits per heavy atom. The Labute approximate surface area is 766 Å². The number of carboxylic acids is 1. The molecule has 13 atom stereocenters. The second-order valence-electron chi connectivity index (χ2n) is 32.4. The molecule has 2 aromatic carbocycles. The van der Waals surface area contributed by atoms with Crippen molar-refractivity contribution >= 4 is 149 Å². The minimum Gasteiger partial charge on any atom is -0.481 e. The molecule has 5 heterocycles. The number of nitrogens with one attached hydrogen (secondary N) is 21. The number of H-pyrrole nitrogens is 3. The van der Waals surface area contributed by atoms with Crippen molar-refractivity contribution in [3.8, 4) is 0 Å². The standard InChI is InChI=1S/C83H123N29O17S2/c1-5-6-20-53(68(118)102-54(23-13-30-94-81(87)88)67(117)100-52(66(84)116)22-12-29-93-80(85)86)101-70(120)56(27-28-65(114)115)103-69(119)55(24-14-31-95-82(89)90)104-76(126)63-25-15-32-111(63)78(128)64-26-16-33-112(64)77(127)62(42-131)108-72(122)58(35-47-38-96-51-21-11-10-19-50(47)51)106-73(123)59(36-48-39-91-43-97-48)107-71(121)57(34-46-17-8-7-9-18-46)105-74(124)60(37-49-40-92-44-98-49)109-79(129)83(3,4)110-75(125)61(41-130)99-45(2)113/h7-11,17-19,21,38-40,43-44,52-64,96,130-131H,5-6,12-16,20,22-37,41-42H2,1-4H3,(H2,84,116)(H,91,97)(H,92,98)(H,99,113)(H,100,117)(H,101,120)(H,102,118)(H,103,119)(H,104,126)(H,105,124)(H,106,123)(H,107,121)(H,108,122)(H,109,129)(H,110,125)(H,114,115)(H4,85,86,93)(H4,87,88,94)(H4,89,90,95)/t52-,53+,54-,55-,56+,57-,58+,59+,60+,61+,62+,63+,64+/m1/s1. The van der Waals surface area contributed by atoms with Gasteiger partial charge in [0.25, 0.3) is 0 Å². The molecule has 2 saturated heterocycles. The van der Waals surface area contributed by atoms with Crippen molar-refractivity contribution in [1.29, 1.82) is 16.2 Å². The summed E-state index contributed by atoms with van der Waals surface area (Å²) in [6.07, 6.45) is 6.65. The smallest absolute Gasteiger partial charge is 0.303 e. The lowest BCUT2D eigenvalue weighted by molar-refractivity contribution is -0.148. The highest BCUT2D eigenvalue weighted by Gasteiger charge is 2.46. The topological polar surface area (TPSA) is 729 Å². The van der Waals surface area contributed by atoms with Gasteiger partial charge in [0.15, 0.2) is 17.9 Å². The van der Waals surface area contributed by atoms with E-state index in [0.717, 1.165) is 0 Å². The molecule has 714 valence electrons. The lowest BCUT2D eigenvalue weighted by atomic mass is 10.0. The van der Waals surface area contributed by atoms with Crippen LogP contribution in [0.25, 0.3) is 10.9 Å². The van der Waals surface area contributed by atoms with Gasteiger partial charge in [-0.1, -0.05) is 68.3 Å². The summed E-state index contributed by atoms with van der Waals surface area (Å²) < 4.78 is 0. The van der Waals surface area contributed by atoms with Gasteiger partial charge in [-0.25, -0.2) is 9.97 Å². The normalized spacial score (nSPS) is 16.0. The highest BCUT2D eigenvalue weighted by Crippen LogP contribution is 2.28. The van der Waals surface area contributed by atoms with Crippen molar-refractivity contribution in [2.24, 2.45) is 22.9 Å². The summed E-state index contributed by atoms with van der Waals surface area (Å²) in [4.78, 5) is 247. The SMILES string of the molecule is CCCC[C@H](NC(=O)[C@H](CCC(=O)O)NC(=O)[C@@H](CCCNC(=N)N)NC(=O)[C@@H]1CCCN1C(=O)[C@@H]1CCCN1C(=O)[C@H](CS)NC(=O)[C@H](Cc1c[nH]c2ccccc12)NC(=O)[C@H](Cc1c[nH]cn1)NC(=O)[C@@H](Cc1ccccc1)NC(=O)[C@H](Cc1c[nH]cn1)NC(=O)C(C)(C)NC(=O)[C@H](CS)NC(C)=O)C(=O)N[C@H](CCCNC(=N)N)C(=O)N[C@H](CCCNC(=N)N)C(N)=O. The minimum absolute atomic E-state index is 0.000888. The molecular formula is C83H123N29O17S2. The van der Waals surface area contributed by atoms with E-state index in [0.29, 0.717) is 40.6 Å². The van der Waals surface area contributed by atoms with E-state index in [1.165, 1.54) is 55.6 Å². The van der Waals surface area contributed by atoms with E-state index in [2.05, 4.69) is 130 Å². The largest absolute Gasteiger partial charge is 0.481 e. The molecule has 0 spiro atoms. The van der Waals surface area contributed by atoms with Crippen LogP contribution in [0.5, 0.6) is 0 Å². The van der Waals surface area contributed by atoms with Gasteiger partial charge < -0.3 is 133 Å². The number of primary amides is 1. The van der Waals surface area contributed by atoms with E-state index >= 15 is 24.0 Å². The van der Waals surface area contributed by atoms with Crippen molar-refractivity contribution in [3.05, 3.63) is 108 Å². The number of nitrogens with two attached hydrogens (primary N) is 4. The number of hydrogen-bond acceptors (Lipinski definition) is 23. The highest BCUT2D eigenvalue weighted by molar-refractivity contribution is 7.80. The number of rotatable bonds is 54. The molecule has 2 aliphatic rings. The van der Waals surface area contributed by atoms with Gasteiger partial charge in [-0.2, -0.15) is 25.3 Å².